The summed E-state index contributed by atoms with van der Waals surface area (Å²) in [6.45, 7) is 0.612. The molecule has 0 unspecified atom stereocenters. The van der Waals surface area contributed by atoms with Gasteiger partial charge in [0.1, 0.15) is 15.7 Å². The van der Waals surface area contributed by atoms with E-state index < -0.39 is 19.7 Å². The molecule has 152 valence electrons. The molecule has 4 aromatic rings. The Morgan fingerprint density at radius 3 is 2.24 bits per heavy atom. The zero-order valence-corrected chi connectivity index (χ0v) is 17.7. The van der Waals surface area contributed by atoms with Gasteiger partial charge in [-0.15, -0.1) is 0 Å². The molecule has 0 aliphatic heterocycles. The summed E-state index contributed by atoms with van der Waals surface area (Å²) in [7, 11) is -6.54. The van der Waals surface area contributed by atoms with Gasteiger partial charge >= 0.3 is 0 Å². The van der Waals surface area contributed by atoms with Crippen LogP contribution in [0.25, 0.3) is 21.9 Å². The first-order valence-corrected chi connectivity index (χ1v) is 13.0. The Labute approximate surface area is 169 Å². The summed E-state index contributed by atoms with van der Waals surface area (Å²) in [6, 6.07) is 14.9. The molecule has 2 aromatic carbocycles. The minimum atomic E-state index is -3.39. The minimum Gasteiger partial charge on any atom is -0.339 e. The van der Waals surface area contributed by atoms with E-state index in [-0.39, 0.29) is 17.2 Å². The number of benzene rings is 2. The molecule has 0 atom stereocenters. The van der Waals surface area contributed by atoms with Gasteiger partial charge in [0.15, 0.2) is 9.84 Å². The predicted molar refractivity (Wildman–Crippen MR) is 114 cm³/mol. The Morgan fingerprint density at radius 2 is 1.55 bits per heavy atom. The van der Waals surface area contributed by atoms with Crippen LogP contribution in [0.2, 0.25) is 0 Å². The van der Waals surface area contributed by atoms with Gasteiger partial charge in [-0.05, 0) is 18.2 Å². The van der Waals surface area contributed by atoms with Gasteiger partial charge in [-0.3, -0.25) is 0 Å². The van der Waals surface area contributed by atoms with Gasteiger partial charge in [0.2, 0.25) is 0 Å². The van der Waals surface area contributed by atoms with Crippen LogP contribution in [0.15, 0.2) is 59.6 Å². The Morgan fingerprint density at radius 1 is 0.897 bits per heavy atom. The largest absolute Gasteiger partial charge is 0.339 e. The molecule has 9 heteroatoms. The van der Waals surface area contributed by atoms with Crippen LogP contribution < -0.4 is 0 Å². The molecule has 0 amide bonds. The van der Waals surface area contributed by atoms with Gasteiger partial charge in [-0.1, -0.05) is 30.3 Å². The van der Waals surface area contributed by atoms with Crippen molar-refractivity contribution < 1.29 is 16.8 Å². The predicted octanol–water partition coefficient (Wildman–Crippen LogP) is 2.49. The lowest BCUT2D eigenvalue weighted by molar-refractivity contribution is 0.591. The van der Waals surface area contributed by atoms with Crippen LogP contribution in [0.4, 0.5) is 0 Å². The van der Waals surface area contributed by atoms with Gasteiger partial charge in [0.25, 0.3) is 0 Å². The van der Waals surface area contributed by atoms with E-state index in [1.807, 2.05) is 51.6 Å². The van der Waals surface area contributed by atoms with Crippen LogP contribution in [0.1, 0.15) is 5.82 Å². The maximum absolute atomic E-state index is 12.2. The second-order valence-electron chi connectivity index (χ2n) is 7.21. The van der Waals surface area contributed by atoms with E-state index in [0.29, 0.717) is 17.8 Å². The SMILES string of the molecule is CS(=O)(=O)CCn1c(Cn2cc(S(C)(=O)=O)c3ccccc32)nc2ccccc21. The normalized spacial score (nSPS) is 12.8. The number of sulfone groups is 2. The quantitative estimate of drug-likeness (QED) is 0.468. The van der Waals surface area contributed by atoms with Crippen molar-refractivity contribution in [2.75, 3.05) is 18.3 Å². The molecule has 0 aliphatic rings. The molecule has 0 spiro atoms. The van der Waals surface area contributed by atoms with Crippen LogP contribution in [0.3, 0.4) is 0 Å². The number of hydrogen-bond donors (Lipinski definition) is 0. The highest BCUT2D eigenvalue weighted by atomic mass is 32.2. The molecule has 0 saturated carbocycles. The maximum Gasteiger partial charge on any atom is 0.177 e. The standard InChI is InChI=1S/C20H21N3O4S2/c1-28(24,25)12-11-23-18-10-6-4-8-16(18)21-20(23)14-22-13-19(29(2,26)27)15-7-3-5-9-17(15)22/h3-10,13H,11-12,14H2,1-2H3. The fourth-order valence-corrected chi connectivity index (χ4v) is 4.95. The molecular formula is C20H21N3O4S2. The lowest BCUT2D eigenvalue weighted by Gasteiger charge is -2.10. The summed E-state index contributed by atoms with van der Waals surface area (Å²) in [5, 5.41) is 0.661. The molecule has 29 heavy (non-hydrogen) atoms. The van der Waals surface area contributed by atoms with Gasteiger partial charge < -0.3 is 9.13 Å². The lowest BCUT2D eigenvalue weighted by atomic mass is 10.2. The van der Waals surface area contributed by atoms with Crippen LogP contribution >= 0.6 is 0 Å². The monoisotopic (exact) mass is 431 g/mol. The fraction of sp³-hybridized carbons (Fsp3) is 0.250. The number of aryl methyl sites for hydroxylation is 1. The molecule has 2 heterocycles. The van der Waals surface area contributed by atoms with Crippen LogP contribution in [-0.4, -0.2) is 49.2 Å². The van der Waals surface area contributed by atoms with Crippen LogP contribution in [-0.2, 0) is 32.8 Å². The van der Waals surface area contributed by atoms with Crippen molar-refractivity contribution in [3.8, 4) is 0 Å². The molecule has 0 fully saturated rings. The van der Waals surface area contributed by atoms with E-state index in [0.717, 1.165) is 16.6 Å². The van der Waals surface area contributed by atoms with E-state index in [1.165, 1.54) is 12.5 Å². The zero-order valence-electron chi connectivity index (χ0n) is 16.1. The number of para-hydroxylation sites is 3. The highest BCUT2D eigenvalue weighted by molar-refractivity contribution is 7.91. The first-order chi connectivity index (χ1) is 13.6. The number of rotatable bonds is 6. The Hall–Kier alpha value is -2.65. The number of aromatic nitrogens is 3. The number of nitrogens with zero attached hydrogens (tertiary/aromatic N) is 3. The summed E-state index contributed by atoms with van der Waals surface area (Å²) < 4.78 is 51.6. The molecule has 0 radical (unpaired) electrons. The van der Waals surface area contributed by atoms with Crippen molar-refractivity contribution in [2.24, 2.45) is 0 Å². The number of hydrogen-bond acceptors (Lipinski definition) is 5. The van der Waals surface area contributed by atoms with Gasteiger partial charge in [0, 0.05) is 36.2 Å². The first kappa shape index (κ1) is 19.7. The third kappa shape index (κ3) is 3.92. The second-order valence-corrected chi connectivity index (χ2v) is 11.5. The molecular weight excluding hydrogens is 410 g/mol. The minimum absolute atomic E-state index is 0.00136. The van der Waals surface area contributed by atoms with Crippen LogP contribution in [0, 0.1) is 0 Å². The Kier molecular flexibility index (Phi) is 4.74. The highest BCUT2D eigenvalue weighted by Gasteiger charge is 2.19. The first-order valence-electron chi connectivity index (χ1n) is 9.03. The van der Waals surface area contributed by atoms with Crippen molar-refractivity contribution in [1.82, 2.24) is 14.1 Å². The van der Waals surface area contributed by atoms with Crippen LogP contribution in [0.5, 0.6) is 0 Å². The van der Waals surface area contributed by atoms with E-state index in [2.05, 4.69) is 4.98 Å². The Bertz CT molecular complexity index is 1430. The fourth-order valence-electron chi connectivity index (χ4n) is 3.54. The maximum atomic E-state index is 12.2. The van der Waals surface area contributed by atoms with Gasteiger partial charge in [-0.25, -0.2) is 21.8 Å². The van der Waals surface area contributed by atoms with E-state index >= 15 is 0 Å². The van der Waals surface area contributed by atoms with Crippen molar-refractivity contribution in [1.29, 1.82) is 0 Å². The molecule has 0 bridgehead atoms. The summed E-state index contributed by atoms with van der Waals surface area (Å²) in [5.74, 6) is 0.678. The topological polar surface area (TPSA) is 91.0 Å². The van der Waals surface area contributed by atoms with Crippen molar-refractivity contribution in [2.45, 2.75) is 18.0 Å². The third-order valence-electron chi connectivity index (χ3n) is 4.88. The summed E-state index contributed by atoms with van der Waals surface area (Å²) in [4.78, 5) is 4.96. The average Bonchev–Trinajstić information content (AvgIpc) is 3.18. The van der Waals surface area contributed by atoms with Crippen molar-refractivity contribution >= 4 is 41.6 Å². The smallest absolute Gasteiger partial charge is 0.177 e. The summed E-state index contributed by atoms with van der Waals surface area (Å²) >= 11 is 0. The molecule has 0 saturated heterocycles. The molecule has 4 rings (SSSR count). The van der Waals surface area contributed by atoms with Gasteiger partial charge in [-0.2, -0.15) is 0 Å². The van der Waals surface area contributed by atoms with E-state index in [9.17, 15) is 16.8 Å². The molecule has 0 N–H and O–H groups in total. The average molecular weight is 432 g/mol. The summed E-state index contributed by atoms with van der Waals surface area (Å²) in [5.41, 5.74) is 2.41. The van der Waals surface area contributed by atoms with Crippen molar-refractivity contribution in [3.63, 3.8) is 0 Å². The molecule has 2 aromatic heterocycles. The van der Waals surface area contributed by atoms with Crippen molar-refractivity contribution in [3.05, 3.63) is 60.6 Å². The lowest BCUT2D eigenvalue weighted by Crippen LogP contribution is -2.15. The summed E-state index contributed by atoms with van der Waals surface area (Å²) in [6.07, 6.45) is 4.03. The second kappa shape index (κ2) is 7.00. The molecule has 7 nitrogen and oxygen atoms in total. The van der Waals surface area contributed by atoms with Gasteiger partial charge in [0.05, 0.1) is 28.2 Å². The highest BCUT2D eigenvalue weighted by Crippen LogP contribution is 2.27. The molecule has 0 aliphatic carbocycles. The zero-order chi connectivity index (χ0) is 20.8. The van der Waals surface area contributed by atoms with E-state index in [1.54, 1.807) is 12.3 Å². The number of imidazole rings is 1. The third-order valence-corrected chi connectivity index (χ3v) is 6.93. The Balaban J connectivity index is 1.85. The number of fused-ring (bicyclic) bond motifs is 2. The van der Waals surface area contributed by atoms with E-state index in [4.69, 9.17) is 0 Å².